The molecule has 7 heterocycles. The molecule has 0 N–H and O–H groups in total. The van der Waals surface area contributed by atoms with Crippen LogP contribution >= 0.6 is 0 Å². The van der Waals surface area contributed by atoms with Crippen molar-refractivity contribution in [1.29, 1.82) is 0 Å². The maximum atomic E-state index is 13.1. The Hall–Kier alpha value is -9.62. The van der Waals surface area contributed by atoms with Gasteiger partial charge in [0.15, 0.2) is 0 Å². The first-order valence-corrected chi connectivity index (χ1v) is 31.6. The lowest BCUT2D eigenvalue weighted by molar-refractivity contribution is 0.0495. The van der Waals surface area contributed by atoms with Gasteiger partial charge in [-0.1, -0.05) is 116 Å². The van der Waals surface area contributed by atoms with Gasteiger partial charge in [-0.15, -0.1) is 17.4 Å². The molecule has 19 heteroatoms. The van der Waals surface area contributed by atoms with E-state index in [1.807, 2.05) is 35.0 Å². The molecule has 12 rings (SSSR count). The Bertz CT molecular complexity index is 4130. The number of terminal acetylenes is 1. The Kier molecular flexibility index (Phi) is 21.2. The van der Waals surface area contributed by atoms with Gasteiger partial charge in [0.1, 0.15) is 28.9 Å². The highest BCUT2D eigenvalue weighted by Crippen LogP contribution is 2.42. The molecule has 0 aliphatic carbocycles. The van der Waals surface area contributed by atoms with Gasteiger partial charge in [0.2, 0.25) is 0 Å². The second kappa shape index (κ2) is 30.1. The number of hydrogen-bond acceptors (Lipinski definition) is 14. The average Bonchev–Trinajstić information content (AvgIpc) is 0.827. The van der Waals surface area contributed by atoms with Crippen molar-refractivity contribution in [3.8, 4) is 12.3 Å². The Balaban J connectivity index is 0.000000187. The number of esters is 2. The van der Waals surface area contributed by atoms with E-state index >= 15 is 0 Å². The van der Waals surface area contributed by atoms with Gasteiger partial charge in [0.05, 0.1) is 38.1 Å². The number of benzene rings is 5. The number of hydrogen-bond donors (Lipinski definition) is 0. The SMILES string of the molecule is C#CCCOC(=O)c1cc2cc3c4c(c2oc1=O)CCCN4CCC3.CCC(C)c1ccc(CN=[N+]=[N-])cc1.CCC(CC(C)c1ccc(CN=[N+]=[N-])cc1)c1ccc(Cn2nncc2CCOC(=O)c2cc3cc4c5c(c3oc2=O)CCCN5CCC4)cc1. The zero-order valence-electron chi connectivity index (χ0n) is 51.9. The first-order chi connectivity index (χ1) is 43.9. The van der Waals surface area contributed by atoms with Crippen molar-refractivity contribution in [1.82, 2.24) is 15.0 Å². The minimum atomic E-state index is -0.685. The minimum absolute atomic E-state index is 0.0693. The normalized spacial score (nSPS) is 14.6. The van der Waals surface area contributed by atoms with E-state index in [1.54, 1.807) is 18.3 Å². The highest BCUT2D eigenvalue weighted by atomic mass is 16.5. The number of nitrogens with zero attached hydrogens (tertiary/aromatic N) is 11. The van der Waals surface area contributed by atoms with E-state index < -0.39 is 23.2 Å². The molecule has 3 atom stereocenters. The third kappa shape index (κ3) is 14.9. The standard InChI is InChI=1S/C40H43N7O4.C20H19NO4.C11H15N3/c1-3-29(20-26(2)30-12-8-27(9-13-30)23-42-44-41)31-14-10-28(11-15-31)25-47-34(24-43-45-47)16-19-50-39(48)36-22-33-21-32-6-4-17-46-18-5-7-35(37(32)46)38(33)51-40(36)49;1-2-3-10-24-19(22)16-12-14-11-13-6-4-8-21-9-5-7-15(17(13)21)18(14)25-20(16)23;1-3-9(2)11-6-4-10(5-7-11)8-13-14-12/h8-15,21-22,24,26,29H,3-7,16-20,23,25H2,1-2H3;1,11-12H,3-10H2;4-7,9H,3,8H2,1-2H3. The Morgan fingerprint density at radius 3 is 1.61 bits per heavy atom. The molecule has 0 fully saturated rings. The topological polar surface area (TPSA) is 248 Å². The van der Waals surface area contributed by atoms with Crippen LogP contribution in [0.3, 0.4) is 0 Å². The molecule has 4 aliphatic heterocycles. The van der Waals surface area contributed by atoms with Crippen LogP contribution in [0.1, 0.15) is 179 Å². The fourth-order valence-electron chi connectivity index (χ4n) is 12.9. The smallest absolute Gasteiger partial charge is 0.351 e. The van der Waals surface area contributed by atoms with Crippen molar-refractivity contribution in [2.75, 3.05) is 49.2 Å². The summed E-state index contributed by atoms with van der Waals surface area (Å²) < 4.78 is 23.8. The van der Waals surface area contributed by atoms with Gasteiger partial charge in [-0.05, 0) is 168 Å². The van der Waals surface area contributed by atoms with Gasteiger partial charge in [-0.3, -0.25) is 0 Å². The van der Waals surface area contributed by atoms with Crippen LogP contribution in [-0.2, 0) is 61.2 Å². The first kappa shape index (κ1) is 63.4. The molecule has 0 spiro atoms. The molecule has 0 saturated carbocycles. The zero-order chi connectivity index (χ0) is 63.1. The van der Waals surface area contributed by atoms with E-state index in [0.29, 0.717) is 61.4 Å². The maximum absolute atomic E-state index is 13.1. The summed E-state index contributed by atoms with van der Waals surface area (Å²) in [6, 6.07) is 32.6. The van der Waals surface area contributed by atoms with Crippen molar-refractivity contribution in [2.45, 2.75) is 149 Å². The van der Waals surface area contributed by atoms with Gasteiger partial charge in [-0.2, -0.15) is 0 Å². The monoisotopic (exact) mass is 1210 g/mol. The number of aromatic nitrogens is 3. The Morgan fingerprint density at radius 1 is 0.644 bits per heavy atom. The summed E-state index contributed by atoms with van der Waals surface area (Å²) in [5.74, 6) is 2.43. The number of azide groups is 2. The van der Waals surface area contributed by atoms with Crippen molar-refractivity contribution in [3.05, 3.63) is 217 Å². The lowest BCUT2D eigenvalue weighted by Gasteiger charge is -2.37. The molecule has 0 radical (unpaired) electrons. The first-order valence-electron chi connectivity index (χ1n) is 31.6. The largest absolute Gasteiger partial charge is 0.461 e. The Morgan fingerprint density at radius 2 is 1.12 bits per heavy atom. The number of rotatable bonds is 20. The van der Waals surface area contributed by atoms with Crippen LogP contribution < -0.4 is 21.1 Å². The van der Waals surface area contributed by atoms with E-state index in [1.165, 1.54) is 39.2 Å². The van der Waals surface area contributed by atoms with Crippen LogP contribution in [0.15, 0.2) is 132 Å². The van der Waals surface area contributed by atoms with Crippen molar-refractivity contribution in [3.63, 3.8) is 0 Å². The van der Waals surface area contributed by atoms with Gasteiger partial charge >= 0.3 is 23.2 Å². The van der Waals surface area contributed by atoms with E-state index in [9.17, 15) is 19.2 Å². The summed E-state index contributed by atoms with van der Waals surface area (Å²) >= 11 is 0. The second-order valence-corrected chi connectivity index (χ2v) is 23.8. The highest BCUT2D eigenvalue weighted by molar-refractivity contribution is 5.97. The number of aryl methyl sites for hydroxylation is 4. The highest BCUT2D eigenvalue weighted by Gasteiger charge is 2.30. The number of carbonyl (C=O) groups excluding carboxylic acids is 2. The van der Waals surface area contributed by atoms with Gasteiger partial charge in [0.25, 0.3) is 0 Å². The summed E-state index contributed by atoms with van der Waals surface area (Å²) in [6.45, 7) is 14.6. The van der Waals surface area contributed by atoms with Gasteiger partial charge in [0, 0.05) is 82.1 Å². The summed E-state index contributed by atoms with van der Waals surface area (Å²) in [7, 11) is 0. The van der Waals surface area contributed by atoms with Crippen molar-refractivity contribution < 1.29 is 27.9 Å². The van der Waals surface area contributed by atoms with E-state index in [2.05, 4.69) is 128 Å². The van der Waals surface area contributed by atoms with Crippen LogP contribution in [0, 0.1) is 12.3 Å². The predicted octanol–water partition coefficient (Wildman–Crippen LogP) is 14.7. The van der Waals surface area contributed by atoms with Crippen LogP contribution in [0.25, 0.3) is 42.8 Å². The molecule has 8 aromatic rings. The summed E-state index contributed by atoms with van der Waals surface area (Å²) in [5.41, 5.74) is 31.6. The molecule has 5 aromatic carbocycles. The number of carbonyl (C=O) groups is 2. The Labute approximate surface area is 523 Å². The lowest BCUT2D eigenvalue weighted by atomic mass is 9.84. The minimum Gasteiger partial charge on any atom is -0.461 e. The average molecular weight is 1210 g/mol. The third-order valence-electron chi connectivity index (χ3n) is 17.9. The fraction of sp³-hybridized carbons (Fsp3) is 0.408. The van der Waals surface area contributed by atoms with Crippen molar-refractivity contribution >= 4 is 45.3 Å². The van der Waals surface area contributed by atoms with E-state index in [4.69, 9.17) is 35.8 Å². The molecule has 19 nitrogen and oxygen atoms in total. The van der Waals surface area contributed by atoms with Gasteiger partial charge < -0.3 is 28.1 Å². The molecular weight excluding hydrogens is 1130 g/mol. The summed E-state index contributed by atoms with van der Waals surface area (Å²) in [4.78, 5) is 60.9. The second-order valence-electron chi connectivity index (χ2n) is 23.8. The predicted molar refractivity (Wildman–Crippen MR) is 349 cm³/mol. The molecule has 0 saturated heterocycles. The number of ether oxygens (including phenoxy) is 2. The van der Waals surface area contributed by atoms with Crippen molar-refractivity contribution in [2.24, 2.45) is 10.2 Å². The van der Waals surface area contributed by atoms with Gasteiger partial charge in [-0.25, -0.2) is 23.9 Å². The zero-order valence-corrected chi connectivity index (χ0v) is 51.9. The fourth-order valence-corrected chi connectivity index (χ4v) is 12.9. The van der Waals surface area contributed by atoms with Crippen LogP contribution in [-0.4, -0.2) is 66.3 Å². The molecule has 0 amide bonds. The maximum Gasteiger partial charge on any atom is 0.351 e. The van der Waals surface area contributed by atoms with Crippen LogP contribution in [0.5, 0.6) is 0 Å². The number of anilines is 2. The lowest BCUT2D eigenvalue weighted by Crippen LogP contribution is -2.34. The molecule has 3 unspecified atom stereocenters. The summed E-state index contributed by atoms with van der Waals surface area (Å²) in [5, 5.41) is 17.1. The molecule has 90 heavy (non-hydrogen) atoms. The van der Waals surface area contributed by atoms with Crippen LogP contribution in [0.2, 0.25) is 0 Å². The van der Waals surface area contributed by atoms with Crippen LogP contribution in [0.4, 0.5) is 11.4 Å². The molecule has 0 bridgehead atoms. The molecule has 464 valence electrons. The third-order valence-corrected chi connectivity index (χ3v) is 17.9. The van der Waals surface area contributed by atoms with E-state index in [0.717, 1.165) is 141 Å². The quantitative estimate of drug-likeness (QED) is 0.0131. The summed E-state index contributed by atoms with van der Waals surface area (Å²) in [6.07, 6.45) is 18.8. The van der Waals surface area contributed by atoms with E-state index in [-0.39, 0.29) is 24.3 Å². The molecule has 4 aliphatic rings. The number of fused-ring (bicyclic) bond motifs is 4. The molecule has 3 aromatic heterocycles. The molecular formula is C71H77N11O8.